The highest BCUT2D eigenvalue weighted by Gasteiger charge is 2.24. The maximum Gasteiger partial charge on any atom is 0.203 e. The third-order valence-corrected chi connectivity index (χ3v) is 3.34. The summed E-state index contributed by atoms with van der Waals surface area (Å²) in [6.07, 6.45) is 3.07. The number of rotatable bonds is 2. The summed E-state index contributed by atoms with van der Waals surface area (Å²) in [5.74, 6) is 1.90. The maximum atomic E-state index is 5.70. The summed E-state index contributed by atoms with van der Waals surface area (Å²) in [6, 6.07) is 8.54. The number of ether oxygens (including phenoxy) is 1. The van der Waals surface area contributed by atoms with Gasteiger partial charge in [-0.15, -0.1) is 0 Å². The zero-order valence-electron chi connectivity index (χ0n) is 10.7. The number of aryl methyl sites for hydroxylation is 1. The highest BCUT2D eigenvalue weighted by molar-refractivity contribution is 5.40. The number of aromatic nitrogens is 2. The standard InChI is InChI=1S/C14H17N3O/c1-10-9-17(14(15-2)16-10)12-7-8-18-13-6-4-3-5-11(12)13/h3-6,9,12H,7-8H2,1-2H3,(H,15,16). The molecule has 1 atom stereocenters. The molecule has 0 radical (unpaired) electrons. The zero-order valence-corrected chi connectivity index (χ0v) is 10.7. The van der Waals surface area contributed by atoms with Crippen molar-refractivity contribution in [1.29, 1.82) is 0 Å². The fourth-order valence-electron chi connectivity index (χ4n) is 2.55. The molecule has 1 unspecified atom stereocenters. The molecule has 1 aromatic heterocycles. The van der Waals surface area contributed by atoms with Crippen LogP contribution in [0.15, 0.2) is 30.5 Å². The molecule has 1 N–H and O–H groups in total. The molecule has 1 aromatic carbocycles. The van der Waals surface area contributed by atoms with Crippen LogP contribution in [0.3, 0.4) is 0 Å². The van der Waals surface area contributed by atoms with Gasteiger partial charge in [0.05, 0.1) is 18.3 Å². The third kappa shape index (κ3) is 1.74. The molecule has 1 aliphatic heterocycles. The molecule has 18 heavy (non-hydrogen) atoms. The molecule has 0 saturated heterocycles. The number of benzene rings is 1. The van der Waals surface area contributed by atoms with E-state index in [-0.39, 0.29) is 0 Å². The van der Waals surface area contributed by atoms with Crippen molar-refractivity contribution in [1.82, 2.24) is 9.55 Å². The van der Waals surface area contributed by atoms with Gasteiger partial charge in [0.15, 0.2) is 0 Å². The molecule has 0 bridgehead atoms. The van der Waals surface area contributed by atoms with Crippen LogP contribution in [0.4, 0.5) is 5.95 Å². The Kier molecular flexibility index (Phi) is 2.70. The molecule has 0 spiro atoms. The molecule has 2 aromatic rings. The summed E-state index contributed by atoms with van der Waals surface area (Å²) >= 11 is 0. The first-order valence-electron chi connectivity index (χ1n) is 6.24. The largest absolute Gasteiger partial charge is 0.493 e. The predicted octanol–water partition coefficient (Wildman–Crippen LogP) is 2.61. The topological polar surface area (TPSA) is 39.1 Å². The van der Waals surface area contributed by atoms with E-state index in [2.05, 4.69) is 33.2 Å². The normalized spacial score (nSPS) is 18.0. The lowest BCUT2D eigenvalue weighted by molar-refractivity contribution is 0.257. The molecule has 0 amide bonds. The Balaban J connectivity index is 2.08. The molecule has 4 heteroatoms. The molecule has 94 valence electrons. The summed E-state index contributed by atoms with van der Waals surface area (Å²) in [6.45, 7) is 2.77. The van der Waals surface area contributed by atoms with Gasteiger partial charge < -0.3 is 14.6 Å². The molecule has 0 aliphatic carbocycles. The Labute approximate surface area is 107 Å². The number of nitrogens with zero attached hydrogens (tertiary/aromatic N) is 2. The van der Waals surface area contributed by atoms with Crippen LogP contribution in [-0.4, -0.2) is 23.2 Å². The van der Waals surface area contributed by atoms with Crippen LogP contribution in [-0.2, 0) is 0 Å². The van der Waals surface area contributed by atoms with E-state index in [1.54, 1.807) is 0 Å². The van der Waals surface area contributed by atoms with E-state index < -0.39 is 0 Å². The monoisotopic (exact) mass is 243 g/mol. The predicted molar refractivity (Wildman–Crippen MR) is 71.2 cm³/mol. The van der Waals surface area contributed by atoms with Crippen LogP contribution in [0.2, 0.25) is 0 Å². The summed E-state index contributed by atoms with van der Waals surface area (Å²) in [4.78, 5) is 4.49. The van der Waals surface area contributed by atoms with E-state index in [4.69, 9.17) is 4.74 Å². The number of nitrogens with one attached hydrogen (secondary N) is 1. The van der Waals surface area contributed by atoms with Crippen LogP contribution in [0.25, 0.3) is 0 Å². The molecular formula is C14H17N3O. The smallest absolute Gasteiger partial charge is 0.203 e. The van der Waals surface area contributed by atoms with Crippen LogP contribution < -0.4 is 10.1 Å². The lowest BCUT2D eigenvalue weighted by Crippen LogP contribution is -2.20. The van der Waals surface area contributed by atoms with Crippen LogP contribution in [0, 0.1) is 6.92 Å². The molecule has 4 nitrogen and oxygen atoms in total. The molecule has 0 saturated carbocycles. The van der Waals surface area contributed by atoms with Crippen molar-refractivity contribution in [3.05, 3.63) is 41.7 Å². The fourth-order valence-corrected chi connectivity index (χ4v) is 2.55. The van der Waals surface area contributed by atoms with Gasteiger partial charge in [-0.1, -0.05) is 18.2 Å². The van der Waals surface area contributed by atoms with Gasteiger partial charge in [0.1, 0.15) is 5.75 Å². The average molecular weight is 243 g/mol. The summed E-state index contributed by atoms with van der Waals surface area (Å²) in [7, 11) is 1.91. The lowest BCUT2D eigenvalue weighted by Gasteiger charge is -2.27. The van der Waals surface area contributed by atoms with Crippen molar-refractivity contribution in [2.24, 2.45) is 0 Å². The minimum atomic E-state index is 0.304. The van der Waals surface area contributed by atoms with Gasteiger partial charge in [-0.2, -0.15) is 0 Å². The van der Waals surface area contributed by atoms with Crippen molar-refractivity contribution in [3.63, 3.8) is 0 Å². The number of imidazole rings is 1. The maximum absolute atomic E-state index is 5.70. The van der Waals surface area contributed by atoms with E-state index in [0.29, 0.717) is 6.04 Å². The van der Waals surface area contributed by atoms with E-state index in [0.717, 1.165) is 30.4 Å². The van der Waals surface area contributed by atoms with Gasteiger partial charge in [-0.3, -0.25) is 0 Å². The van der Waals surface area contributed by atoms with Gasteiger partial charge in [-0.25, -0.2) is 4.98 Å². The fraction of sp³-hybridized carbons (Fsp3) is 0.357. The Morgan fingerprint density at radius 2 is 2.22 bits per heavy atom. The first kappa shape index (κ1) is 11.1. The van der Waals surface area contributed by atoms with Crippen LogP contribution in [0.1, 0.15) is 23.7 Å². The Morgan fingerprint density at radius 3 is 3.06 bits per heavy atom. The Morgan fingerprint density at radius 1 is 1.39 bits per heavy atom. The highest BCUT2D eigenvalue weighted by Crippen LogP contribution is 2.36. The SMILES string of the molecule is CNc1nc(C)cn1C1CCOc2ccccc21. The summed E-state index contributed by atoms with van der Waals surface area (Å²) in [5, 5.41) is 3.16. The minimum absolute atomic E-state index is 0.304. The van der Waals surface area contributed by atoms with E-state index in [1.807, 2.05) is 26.1 Å². The molecule has 0 fully saturated rings. The van der Waals surface area contributed by atoms with Crippen LogP contribution >= 0.6 is 0 Å². The molecule has 2 heterocycles. The van der Waals surface area contributed by atoms with E-state index in [1.165, 1.54) is 5.56 Å². The second kappa shape index (κ2) is 4.37. The lowest BCUT2D eigenvalue weighted by atomic mass is 10.0. The van der Waals surface area contributed by atoms with Gasteiger partial charge >= 0.3 is 0 Å². The van der Waals surface area contributed by atoms with Crippen molar-refractivity contribution in [3.8, 4) is 5.75 Å². The second-order valence-corrected chi connectivity index (χ2v) is 4.55. The summed E-state index contributed by atoms with van der Waals surface area (Å²) in [5.41, 5.74) is 2.26. The van der Waals surface area contributed by atoms with Gasteiger partial charge in [0.2, 0.25) is 5.95 Å². The number of hydrogen-bond donors (Lipinski definition) is 1. The van der Waals surface area contributed by atoms with Gasteiger partial charge in [0, 0.05) is 25.2 Å². The number of para-hydroxylation sites is 1. The molecule has 3 rings (SSSR count). The first-order chi connectivity index (χ1) is 8.79. The average Bonchev–Trinajstić information content (AvgIpc) is 2.79. The third-order valence-electron chi connectivity index (χ3n) is 3.34. The molecule has 1 aliphatic rings. The summed E-state index contributed by atoms with van der Waals surface area (Å²) < 4.78 is 7.91. The van der Waals surface area contributed by atoms with Gasteiger partial charge in [0.25, 0.3) is 0 Å². The molecular weight excluding hydrogens is 226 g/mol. The quantitative estimate of drug-likeness (QED) is 0.881. The van der Waals surface area contributed by atoms with Gasteiger partial charge in [-0.05, 0) is 13.0 Å². The van der Waals surface area contributed by atoms with Crippen molar-refractivity contribution >= 4 is 5.95 Å². The zero-order chi connectivity index (χ0) is 12.5. The Hall–Kier alpha value is -1.97. The number of hydrogen-bond acceptors (Lipinski definition) is 3. The van der Waals surface area contributed by atoms with Crippen molar-refractivity contribution in [2.75, 3.05) is 19.0 Å². The van der Waals surface area contributed by atoms with Crippen molar-refractivity contribution < 1.29 is 4.74 Å². The number of anilines is 1. The van der Waals surface area contributed by atoms with E-state index >= 15 is 0 Å². The first-order valence-corrected chi connectivity index (χ1v) is 6.24. The van der Waals surface area contributed by atoms with E-state index in [9.17, 15) is 0 Å². The van der Waals surface area contributed by atoms with Crippen molar-refractivity contribution in [2.45, 2.75) is 19.4 Å². The second-order valence-electron chi connectivity index (χ2n) is 4.55. The number of fused-ring (bicyclic) bond motifs is 1. The highest BCUT2D eigenvalue weighted by atomic mass is 16.5. The Bertz CT molecular complexity index is 562. The van der Waals surface area contributed by atoms with Crippen LogP contribution in [0.5, 0.6) is 5.75 Å². The minimum Gasteiger partial charge on any atom is -0.493 e.